The zero-order valence-corrected chi connectivity index (χ0v) is 18.0. The van der Waals surface area contributed by atoms with Crippen LogP contribution >= 0.6 is 0 Å². The molecular formula is C22H23N3O5S. The average Bonchev–Trinajstić information content (AvgIpc) is 2.80. The molecule has 0 radical (unpaired) electrons. The Kier molecular flexibility index (Phi) is 6.92. The van der Waals surface area contributed by atoms with E-state index in [0.29, 0.717) is 12.2 Å². The molecule has 0 saturated heterocycles. The van der Waals surface area contributed by atoms with Crippen LogP contribution in [0, 0.1) is 11.3 Å². The van der Waals surface area contributed by atoms with E-state index < -0.39 is 28.5 Å². The van der Waals surface area contributed by atoms with Gasteiger partial charge in [0.2, 0.25) is 0 Å². The fourth-order valence-electron chi connectivity index (χ4n) is 3.30. The maximum Gasteiger partial charge on any atom is 0.338 e. The first-order chi connectivity index (χ1) is 14.8. The monoisotopic (exact) mass is 441 g/mol. The molecule has 1 aliphatic rings. The van der Waals surface area contributed by atoms with Crippen molar-refractivity contribution >= 4 is 27.6 Å². The van der Waals surface area contributed by atoms with Gasteiger partial charge in [-0.15, -0.1) is 0 Å². The molecule has 2 aromatic rings. The van der Waals surface area contributed by atoms with Crippen molar-refractivity contribution in [1.29, 1.82) is 5.26 Å². The minimum Gasteiger partial charge on any atom is -0.452 e. The van der Waals surface area contributed by atoms with Crippen LogP contribution in [0.15, 0.2) is 53.4 Å². The van der Waals surface area contributed by atoms with Crippen molar-refractivity contribution in [3.05, 3.63) is 59.7 Å². The number of sulfonamides is 1. The molecule has 2 aromatic carbocycles. The van der Waals surface area contributed by atoms with Crippen molar-refractivity contribution in [2.75, 3.05) is 31.0 Å². The van der Waals surface area contributed by atoms with Gasteiger partial charge in [-0.05, 0) is 48.7 Å². The second-order valence-electron chi connectivity index (χ2n) is 7.13. The Morgan fingerprint density at radius 3 is 2.58 bits per heavy atom. The highest BCUT2D eigenvalue weighted by Gasteiger charge is 2.29. The molecule has 0 bridgehead atoms. The lowest BCUT2D eigenvalue weighted by Crippen LogP contribution is -2.35. The number of esters is 1. The van der Waals surface area contributed by atoms with Gasteiger partial charge in [-0.1, -0.05) is 18.2 Å². The molecule has 0 unspecified atom stereocenters. The molecular weight excluding hydrogens is 418 g/mol. The molecule has 0 fully saturated rings. The van der Waals surface area contributed by atoms with E-state index in [-0.39, 0.29) is 23.4 Å². The molecule has 0 aliphatic carbocycles. The zero-order valence-electron chi connectivity index (χ0n) is 17.2. The van der Waals surface area contributed by atoms with Gasteiger partial charge >= 0.3 is 5.97 Å². The Hall–Kier alpha value is -3.38. The zero-order chi connectivity index (χ0) is 22.4. The summed E-state index contributed by atoms with van der Waals surface area (Å²) in [7, 11) is -2.25. The van der Waals surface area contributed by atoms with Crippen LogP contribution in [-0.4, -0.2) is 51.9 Å². The number of aryl methyl sites for hydroxylation is 1. The highest BCUT2D eigenvalue weighted by atomic mass is 32.2. The maximum absolute atomic E-state index is 13.1. The fraction of sp³-hybridized carbons (Fsp3) is 0.318. The number of anilines is 1. The van der Waals surface area contributed by atoms with E-state index in [2.05, 4.69) is 0 Å². The number of likely N-dealkylation sites (N-methyl/N-ethyl adjacent to an activating group) is 1. The molecule has 0 aromatic heterocycles. The van der Waals surface area contributed by atoms with E-state index in [1.807, 2.05) is 24.3 Å². The van der Waals surface area contributed by atoms with Gasteiger partial charge in [0, 0.05) is 20.1 Å². The molecule has 162 valence electrons. The summed E-state index contributed by atoms with van der Waals surface area (Å²) in [6.07, 6.45) is 1.75. The lowest BCUT2D eigenvalue weighted by atomic mass is 10.0. The third-order valence-corrected chi connectivity index (χ3v) is 6.88. The van der Waals surface area contributed by atoms with Crippen LogP contribution in [0.4, 0.5) is 5.69 Å². The van der Waals surface area contributed by atoms with Crippen molar-refractivity contribution < 1.29 is 22.7 Å². The van der Waals surface area contributed by atoms with Crippen molar-refractivity contribution in [3.8, 4) is 6.07 Å². The lowest BCUT2D eigenvalue weighted by Gasteiger charge is -2.30. The number of para-hydroxylation sites is 1. The molecule has 0 saturated carbocycles. The number of nitrogens with zero attached hydrogens (tertiary/aromatic N) is 3. The lowest BCUT2D eigenvalue weighted by molar-refractivity contribution is -0.133. The van der Waals surface area contributed by atoms with Crippen LogP contribution in [0.3, 0.4) is 0 Å². The van der Waals surface area contributed by atoms with Crippen molar-refractivity contribution in [1.82, 2.24) is 4.90 Å². The van der Waals surface area contributed by atoms with E-state index in [1.54, 1.807) is 6.07 Å². The smallest absolute Gasteiger partial charge is 0.338 e. The predicted octanol–water partition coefficient (Wildman–Crippen LogP) is 2.36. The van der Waals surface area contributed by atoms with E-state index in [0.717, 1.165) is 18.4 Å². The quantitative estimate of drug-likeness (QED) is 0.611. The van der Waals surface area contributed by atoms with E-state index in [1.165, 1.54) is 40.5 Å². The number of amides is 1. The average molecular weight is 442 g/mol. The van der Waals surface area contributed by atoms with Crippen LogP contribution in [0.2, 0.25) is 0 Å². The minimum atomic E-state index is -3.77. The molecule has 8 nitrogen and oxygen atoms in total. The summed E-state index contributed by atoms with van der Waals surface area (Å²) in [5.74, 6) is -1.15. The van der Waals surface area contributed by atoms with Gasteiger partial charge in [0.25, 0.3) is 15.9 Å². The van der Waals surface area contributed by atoms with Gasteiger partial charge in [0.1, 0.15) is 0 Å². The summed E-state index contributed by atoms with van der Waals surface area (Å²) in [4.78, 5) is 25.5. The third-order valence-electron chi connectivity index (χ3n) is 5.06. The minimum absolute atomic E-state index is 0.0769. The maximum atomic E-state index is 13.1. The summed E-state index contributed by atoms with van der Waals surface area (Å²) in [6.45, 7) is 0.189. The molecule has 0 N–H and O–H groups in total. The molecule has 0 spiro atoms. The van der Waals surface area contributed by atoms with Crippen LogP contribution in [0.5, 0.6) is 0 Å². The Morgan fingerprint density at radius 2 is 1.87 bits per heavy atom. The Balaban J connectivity index is 1.68. The first-order valence-corrected chi connectivity index (χ1v) is 11.3. The summed E-state index contributed by atoms with van der Waals surface area (Å²) in [5.41, 5.74) is 1.81. The summed E-state index contributed by atoms with van der Waals surface area (Å²) < 4.78 is 32.7. The highest BCUT2D eigenvalue weighted by molar-refractivity contribution is 7.92. The van der Waals surface area contributed by atoms with E-state index in [4.69, 9.17) is 10.00 Å². The normalized spacial score (nSPS) is 13.1. The second kappa shape index (κ2) is 9.62. The molecule has 9 heteroatoms. The highest BCUT2D eigenvalue weighted by Crippen LogP contribution is 2.31. The largest absolute Gasteiger partial charge is 0.452 e. The van der Waals surface area contributed by atoms with Gasteiger partial charge in [-0.25, -0.2) is 13.2 Å². The molecule has 1 heterocycles. The Morgan fingerprint density at radius 1 is 1.16 bits per heavy atom. The molecule has 3 rings (SSSR count). The molecule has 0 atom stereocenters. The van der Waals surface area contributed by atoms with Crippen molar-refractivity contribution in [2.24, 2.45) is 0 Å². The molecule has 1 aliphatic heterocycles. The van der Waals surface area contributed by atoms with Crippen LogP contribution in [0.1, 0.15) is 28.8 Å². The van der Waals surface area contributed by atoms with Crippen molar-refractivity contribution in [3.63, 3.8) is 0 Å². The number of fused-ring (bicyclic) bond motifs is 1. The number of ether oxygens (including phenoxy) is 1. The van der Waals surface area contributed by atoms with Gasteiger partial charge < -0.3 is 9.64 Å². The number of hydrogen-bond acceptors (Lipinski definition) is 6. The number of hydrogen-bond donors (Lipinski definition) is 0. The summed E-state index contributed by atoms with van der Waals surface area (Å²) in [5, 5.41) is 8.56. The number of carbonyl (C=O) groups is 2. The fourth-order valence-corrected chi connectivity index (χ4v) is 4.84. The van der Waals surface area contributed by atoms with E-state index in [9.17, 15) is 18.0 Å². The second-order valence-corrected chi connectivity index (χ2v) is 9.00. The van der Waals surface area contributed by atoms with Gasteiger partial charge in [-0.3, -0.25) is 9.10 Å². The third kappa shape index (κ3) is 5.03. The Bertz CT molecular complexity index is 1110. The summed E-state index contributed by atoms with van der Waals surface area (Å²) in [6, 6.07) is 14.8. The summed E-state index contributed by atoms with van der Waals surface area (Å²) >= 11 is 0. The standard InChI is InChI=1S/C22H23N3O5S/c1-24(14-5-13-23)21(26)16-30-22(27)18-9-11-19(12-10-18)31(28,29)25-15-4-7-17-6-2-3-8-20(17)25/h2-3,6,8-12H,4-5,7,14-16H2,1H3. The van der Waals surface area contributed by atoms with Gasteiger partial charge in [-0.2, -0.15) is 5.26 Å². The number of rotatable bonds is 7. The van der Waals surface area contributed by atoms with Crippen molar-refractivity contribution in [2.45, 2.75) is 24.2 Å². The molecule has 1 amide bonds. The Labute approximate surface area is 181 Å². The first kappa shape index (κ1) is 22.3. The van der Waals surface area contributed by atoms with Crippen LogP contribution in [-0.2, 0) is 26.0 Å². The van der Waals surface area contributed by atoms with Gasteiger partial charge in [0.15, 0.2) is 6.61 Å². The SMILES string of the molecule is CN(CCC#N)C(=O)COC(=O)c1ccc(S(=O)(=O)N2CCCc3ccccc32)cc1. The number of benzene rings is 2. The van der Waals surface area contributed by atoms with E-state index >= 15 is 0 Å². The number of carbonyl (C=O) groups excluding carboxylic acids is 2. The van der Waals surface area contributed by atoms with Gasteiger partial charge in [0.05, 0.1) is 28.6 Å². The topological polar surface area (TPSA) is 108 Å². The first-order valence-electron chi connectivity index (χ1n) is 9.83. The van der Waals surface area contributed by atoms with Crippen LogP contribution in [0.25, 0.3) is 0 Å². The molecule has 31 heavy (non-hydrogen) atoms. The number of nitriles is 1. The predicted molar refractivity (Wildman–Crippen MR) is 114 cm³/mol. The van der Waals surface area contributed by atoms with Crippen LogP contribution < -0.4 is 4.31 Å².